The molecule has 130 valence electrons. The molecule has 0 saturated heterocycles. The summed E-state index contributed by atoms with van der Waals surface area (Å²) in [7, 11) is 0. The minimum absolute atomic E-state index is 0.0141. The van der Waals surface area contributed by atoms with Crippen molar-refractivity contribution in [2.24, 2.45) is 0 Å². The molecule has 0 radical (unpaired) electrons. The maximum atomic E-state index is 12.7. The van der Waals surface area contributed by atoms with E-state index < -0.39 is 23.8 Å². The second-order valence-corrected chi connectivity index (χ2v) is 5.15. The summed E-state index contributed by atoms with van der Waals surface area (Å²) in [5.74, 6) is -0.875. The molecule has 2 rings (SSSR count). The summed E-state index contributed by atoms with van der Waals surface area (Å²) in [5.41, 5.74) is -0.637. The fraction of sp³-hybridized carbons (Fsp3) is 0.400. The van der Waals surface area contributed by atoms with Crippen LogP contribution in [0.25, 0.3) is 11.4 Å². The van der Waals surface area contributed by atoms with Crippen molar-refractivity contribution in [3.63, 3.8) is 0 Å². The van der Waals surface area contributed by atoms with Gasteiger partial charge >= 0.3 is 12.1 Å². The normalized spacial score (nSPS) is 13.0. The van der Waals surface area contributed by atoms with E-state index in [9.17, 15) is 18.0 Å². The number of aliphatic carboxylic acids is 1. The van der Waals surface area contributed by atoms with Gasteiger partial charge in [-0.15, -0.1) is 0 Å². The molecular formula is C15H16F3N3O3. The fourth-order valence-electron chi connectivity index (χ4n) is 2.09. The van der Waals surface area contributed by atoms with Gasteiger partial charge in [-0.3, -0.25) is 10.1 Å². The summed E-state index contributed by atoms with van der Waals surface area (Å²) < 4.78 is 43.1. The first-order chi connectivity index (χ1) is 11.3. The lowest BCUT2D eigenvalue weighted by atomic mass is 10.1. The summed E-state index contributed by atoms with van der Waals surface area (Å²) >= 11 is 0. The Hall–Kier alpha value is -2.42. The van der Waals surface area contributed by atoms with E-state index in [2.05, 4.69) is 15.5 Å². The molecule has 0 fully saturated rings. The van der Waals surface area contributed by atoms with E-state index in [-0.39, 0.29) is 23.8 Å². The standard InChI is InChI=1S/C15H16F3N3O3/c1-2-4-11(14(22)23)19-8-12-20-13(21-24-12)9-5-3-6-10(7-9)15(16,17)18/h3,5-7,11,19H,2,4,8H2,1H3,(H,22,23). The van der Waals surface area contributed by atoms with Crippen LogP contribution in [0.15, 0.2) is 28.8 Å². The van der Waals surface area contributed by atoms with E-state index in [4.69, 9.17) is 9.63 Å². The molecular weight excluding hydrogens is 327 g/mol. The van der Waals surface area contributed by atoms with Gasteiger partial charge in [-0.05, 0) is 18.6 Å². The Labute approximate surface area is 135 Å². The molecule has 0 aliphatic heterocycles. The van der Waals surface area contributed by atoms with Crippen molar-refractivity contribution in [1.82, 2.24) is 15.5 Å². The Morgan fingerprint density at radius 1 is 1.42 bits per heavy atom. The molecule has 0 amide bonds. The molecule has 0 aliphatic carbocycles. The predicted molar refractivity (Wildman–Crippen MR) is 77.9 cm³/mol. The third kappa shape index (κ3) is 4.54. The molecule has 1 aromatic carbocycles. The third-order valence-electron chi connectivity index (χ3n) is 3.29. The van der Waals surface area contributed by atoms with Crippen molar-refractivity contribution in [2.45, 2.75) is 38.5 Å². The Balaban J connectivity index is 2.09. The largest absolute Gasteiger partial charge is 0.480 e. The van der Waals surface area contributed by atoms with Crippen LogP contribution in [0.3, 0.4) is 0 Å². The van der Waals surface area contributed by atoms with Gasteiger partial charge in [0.15, 0.2) is 0 Å². The van der Waals surface area contributed by atoms with E-state index >= 15 is 0 Å². The van der Waals surface area contributed by atoms with Crippen LogP contribution >= 0.6 is 0 Å². The number of carbonyl (C=O) groups is 1. The lowest BCUT2D eigenvalue weighted by Crippen LogP contribution is -2.36. The molecule has 2 aromatic rings. The van der Waals surface area contributed by atoms with Crippen LogP contribution < -0.4 is 5.32 Å². The zero-order valence-electron chi connectivity index (χ0n) is 12.8. The van der Waals surface area contributed by atoms with Crippen molar-refractivity contribution >= 4 is 5.97 Å². The zero-order chi connectivity index (χ0) is 17.7. The van der Waals surface area contributed by atoms with Crippen LogP contribution in [0.5, 0.6) is 0 Å². The van der Waals surface area contributed by atoms with Crippen molar-refractivity contribution in [3.05, 3.63) is 35.7 Å². The number of nitrogens with one attached hydrogen (secondary N) is 1. The first-order valence-electron chi connectivity index (χ1n) is 7.27. The van der Waals surface area contributed by atoms with Crippen molar-refractivity contribution in [2.75, 3.05) is 0 Å². The lowest BCUT2D eigenvalue weighted by molar-refractivity contribution is -0.140. The van der Waals surface area contributed by atoms with Crippen LogP contribution in [0.2, 0.25) is 0 Å². The van der Waals surface area contributed by atoms with Crippen LogP contribution in [0.4, 0.5) is 13.2 Å². The number of hydrogen-bond acceptors (Lipinski definition) is 5. The Bertz CT molecular complexity index is 701. The fourth-order valence-corrected chi connectivity index (χ4v) is 2.09. The van der Waals surface area contributed by atoms with Gasteiger partial charge in [-0.25, -0.2) is 0 Å². The molecule has 0 saturated carbocycles. The van der Waals surface area contributed by atoms with Gasteiger partial charge < -0.3 is 9.63 Å². The highest BCUT2D eigenvalue weighted by Gasteiger charge is 2.30. The predicted octanol–water partition coefficient (Wildman–Crippen LogP) is 3.10. The summed E-state index contributed by atoms with van der Waals surface area (Å²) in [6.45, 7) is 1.87. The summed E-state index contributed by atoms with van der Waals surface area (Å²) in [6, 6.07) is 3.83. The molecule has 6 nitrogen and oxygen atoms in total. The van der Waals surface area contributed by atoms with Gasteiger partial charge in [-0.1, -0.05) is 30.6 Å². The van der Waals surface area contributed by atoms with Crippen LogP contribution in [-0.4, -0.2) is 27.3 Å². The Kier molecular flexibility index (Phi) is 5.55. The average Bonchev–Trinajstić information content (AvgIpc) is 2.99. The molecule has 2 N–H and O–H groups in total. The van der Waals surface area contributed by atoms with E-state index in [1.807, 2.05) is 6.92 Å². The first-order valence-corrected chi connectivity index (χ1v) is 7.27. The summed E-state index contributed by atoms with van der Waals surface area (Å²) in [5, 5.41) is 15.4. The van der Waals surface area contributed by atoms with Gasteiger partial charge in [-0.2, -0.15) is 18.2 Å². The summed E-state index contributed by atoms with van der Waals surface area (Å²) in [6.07, 6.45) is -3.34. The monoisotopic (exact) mass is 343 g/mol. The van der Waals surface area contributed by atoms with E-state index in [0.29, 0.717) is 12.8 Å². The highest BCUT2D eigenvalue weighted by Crippen LogP contribution is 2.31. The number of rotatable bonds is 7. The number of carboxylic acid groups (broad SMARTS) is 1. The van der Waals surface area contributed by atoms with Crippen molar-refractivity contribution in [1.29, 1.82) is 0 Å². The molecule has 9 heteroatoms. The van der Waals surface area contributed by atoms with Crippen LogP contribution in [-0.2, 0) is 17.5 Å². The van der Waals surface area contributed by atoms with Gasteiger partial charge in [0.25, 0.3) is 0 Å². The average molecular weight is 343 g/mol. The number of halogens is 3. The second-order valence-electron chi connectivity index (χ2n) is 5.15. The zero-order valence-corrected chi connectivity index (χ0v) is 12.8. The third-order valence-corrected chi connectivity index (χ3v) is 3.29. The number of aromatic nitrogens is 2. The summed E-state index contributed by atoms with van der Waals surface area (Å²) in [4.78, 5) is 15.0. The minimum atomic E-state index is -4.46. The van der Waals surface area contributed by atoms with Crippen molar-refractivity contribution in [3.8, 4) is 11.4 Å². The molecule has 0 spiro atoms. The minimum Gasteiger partial charge on any atom is -0.480 e. The molecule has 1 atom stereocenters. The van der Waals surface area contributed by atoms with E-state index in [1.165, 1.54) is 12.1 Å². The van der Waals surface area contributed by atoms with Gasteiger partial charge in [0.2, 0.25) is 11.7 Å². The van der Waals surface area contributed by atoms with Gasteiger partial charge in [0.1, 0.15) is 6.04 Å². The number of hydrogen-bond donors (Lipinski definition) is 2. The maximum Gasteiger partial charge on any atom is 0.416 e. The molecule has 0 bridgehead atoms. The first kappa shape index (κ1) is 17.9. The van der Waals surface area contributed by atoms with Gasteiger partial charge in [0, 0.05) is 5.56 Å². The smallest absolute Gasteiger partial charge is 0.416 e. The molecule has 1 aromatic heterocycles. The van der Waals surface area contributed by atoms with E-state index in [1.54, 1.807) is 0 Å². The maximum absolute atomic E-state index is 12.7. The molecule has 1 unspecified atom stereocenters. The second kappa shape index (κ2) is 7.43. The lowest BCUT2D eigenvalue weighted by Gasteiger charge is -2.11. The number of benzene rings is 1. The number of carboxylic acids is 1. The SMILES string of the molecule is CCCC(NCc1nc(-c2cccc(C(F)(F)F)c2)no1)C(=O)O. The van der Waals surface area contributed by atoms with Crippen LogP contribution in [0, 0.1) is 0 Å². The quantitative estimate of drug-likeness (QED) is 0.803. The number of alkyl halides is 3. The Morgan fingerprint density at radius 3 is 2.79 bits per heavy atom. The number of nitrogens with zero attached hydrogens (tertiary/aromatic N) is 2. The molecule has 0 aliphatic rings. The Morgan fingerprint density at radius 2 is 2.17 bits per heavy atom. The van der Waals surface area contributed by atoms with Gasteiger partial charge in [0.05, 0.1) is 12.1 Å². The highest BCUT2D eigenvalue weighted by molar-refractivity contribution is 5.73. The topological polar surface area (TPSA) is 88.3 Å². The van der Waals surface area contributed by atoms with Crippen LogP contribution in [0.1, 0.15) is 31.2 Å². The highest BCUT2D eigenvalue weighted by atomic mass is 19.4. The molecule has 1 heterocycles. The van der Waals surface area contributed by atoms with Crippen molar-refractivity contribution < 1.29 is 27.6 Å². The molecule has 24 heavy (non-hydrogen) atoms. The van der Waals surface area contributed by atoms with E-state index in [0.717, 1.165) is 12.1 Å².